The molecule has 3 fully saturated rings. The quantitative estimate of drug-likeness (QED) is 0.363. The third-order valence-corrected chi connectivity index (χ3v) is 9.00. The highest BCUT2D eigenvalue weighted by Crippen LogP contribution is 2.65. The third-order valence-electron chi connectivity index (χ3n) is 9.00. The van der Waals surface area contributed by atoms with Crippen LogP contribution in [0.2, 0.25) is 0 Å². The fraction of sp³-hybridized carbons (Fsp3) is 0.655. The summed E-state index contributed by atoms with van der Waals surface area (Å²) in [5.74, 6) is -2.81. The Morgan fingerprint density at radius 2 is 1.85 bits per heavy atom. The minimum Gasteiger partial charge on any atom is -0.363 e. The minimum atomic E-state index is -1.09. The van der Waals surface area contributed by atoms with Gasteiger partial charge in [0.1, 0.15) is 12.1 Å². The van der Waals surface area contributed by atoms with E-state index < -0.39 is 35.7 Å². The Labute approximate surface area is 229 Å². The highest BCUT2D eigenvalue weighted by Gasteiger charge is 2.69. The third kappa shape index (κ3) is 6.15. The molecule has 4 N–H and O–H groups in total. The number of piperidine rings is 1. The molecule has 2 saturated carbocycles. The van der Waals surface area contributed by atoms with E-state index in [4.69, 9.17) is 5.73 Å². The Balaban J connectivity index is 1.55. The first kappa shape index (κ1) is 28.7. The van der Waals surface area contributed by atoms with Crippen molar-refractivity contribution in [3.63, 3.8) is 0 Å². The minimum absolute atomic E-state index is 0.0120. The number of amides is 4. The first-order valence-corrected chi connectivity index (χ1v) is 14.2. The van der Waals surface area contributed by atoms with Gasteiger partial charge in [-0.05, 0) is 54.1 Å². The summed E-state index contributed by atoms with van der Waals surface area (Å²) >= 11 is 0. The molecule has 10 heteroatoms. The first-order valence-electron chi connectivity index (χ1n) is 14.2. The number of carbonyl (C=O) groups excluding carboxylic acids is 5. The number of nitrogens with zero attached hydrogens (tertiary/aromatic N) is 2. The number of hydrogen-bond acceptors (Lipinski definition) is 6. The molecular formula is C29H41N5O5. The number of carbonyl (C=O) groups is 5. The van der Waals surface area contributed by atoms with Gasteiger partial charge < -0.3 is 21.3 Å². The van der Waals surface area contributed by atoms with Gasteiger partial charge in [-0.25, -0.2) is 0 Å². The van der Waals surface area contributed by atoms with Gasteiger partial charge in [-0.1, -0.05) is 52.5 Å². The topological polar surface area (TPSA) is 152 Å². The van der Waals surface area contributed by atoms with Gasteiger partial charge in [0.25, 0.3) is 5.91 Å². The van der Waals surface area contributed by atoms with E-state index in [1.807, 2.05) is 13.0 Å². The predicted molar refractivity (Wildman–Crippen MR) is 144 cm³/mol. The van der Waals surface area contributed by atoms with E-state index in [9.17, 15) is 24.0 Å². The van der Waals surface area contributed by atoms with Crippen LogP contribution in [0.1, 0.15) is 71.3 Å². The number of nitrogens with one attached hydrogen (secondary N) is 2. The van der Waals surface area contributed by atoms with Crippen molar-refractivity contribution in [2.75, 3.05) is 6.54 Å². The number of likely N-dealkylation sites (tertiary alicyclic amines) is 1. The fourth-order valence-corrected chi connectivity index (χ4v) is 6.74. The van der Waals surface area contributed by atoms with Crippen molar-refractivity contribution in [1.82, 2.24) is 20.5 Å². The summed E-state index contributed by atoms with van der Waals surface area (Å²) in [4.78, 5) is 70.5. The van der Waals surface area contributed by atoms with Crippen LogP contribution in [-0.4, -0.2) is 64.0 Å². The number of fused-ring (bicyclic) bond motifs is 1. The van der Waals surface area contributed by atoms with Gasteiger partial charge in [-0.2, -0.15) is 0 Å². The van der Waals surface area contributed by atoms with E-state index in [0.717, 1.165) is 37.7 Å². The summed E-state index contributed by atoms with van der Waals surface area (Å²) < 4.78 is 0. The molecule has 4 unspecified atom stereocenters. The summed E-state index contributed by atoms with van der Waals surface area (Å²) in [6, 6.07) is 1.05. The van der Waals surface area contributed by atoms with E-state index in [-0.39, 0.29) is 47.8 Å². The van der Waals surface area contributed by atoms with Crippen LogP contribution < -0.4 is 16.4 Å². The summed E-state index contributed by atoms with van der Waals surface area (Å²) in [5, 5.41) is 5.75. The lowest BCUT2D eigenvalue weighted by Gasteiger charge is -2.37. The van der Waals surface area contributed by atoms with Crippen molar-refractivity contribution in [3.05, 3.63) is 30.1 Å². The van der Waals surface area contributed by atoms with Crippen LogP contribution >= 0.6 is 0 Å². The Hall–Kier alpha value is -3.30. The molecule has 1 aromatic rings. The summed E-state index contributed by atoms with van der Waals surface area (Å²) in [7, 11) is 0. The van der Waals surface area contributed by atoms with Crippen molar-refractivity contribution in [1.29, 1.82) is 0 Å². The number of ketones is 1. The number of primary amides is 1. The maximum atomic E-state index is 14.2. The summed E-state index contributed by atoms with van der Waals surface area (Å²) in [6.07, 6.45) is 8.98. The standard InChI is InChI=1S/C29H41N5O5/c1-4-9-20(25(36)26(30)37)32-27(38)24-22-19(29(22,2)3)16-34(24)28(39)23(18-11-6-5-7-12-18)33-21(35)14-17-10-8-13-31-15-17/h8,10,13,15,18-20,22-24H,4-7,9,11-12,14,16H2,1-3H3,(H2,30,37)(H,32,38)(H,33,35)/t19?,20?,22?,23?,24-/m0/s1. The van der Waals surface area contributed by atoms with Gasteiger partial charge in [0.15, 0.2) is 0 Å². The average molecular weight is 540 g/mol. The van der Waals surface area contributed by atoms with E-state index in [1.165, 1.54) is 0 Å². The average Bonchev–Trinajstić information content (AvgIpc) is 3.24. The molecule has 39 heavy (non-hydrogen) atoms. The highest BCUT2D eigenvalue weighted by atomic mass is 16.2. The molecule has 2 aliphatic carbocycles. The lowest BCUT2D eigenvalue weighted by Crippen LogP contribution is -2.59. The SMILES string of the molecule is CCCC(NC(=O)[C@@H]1C2C(CN1C(=O)C(NC(=O)Cc1cccnc1)C1CCCCC1)C2(C)C)C(=O)C(N)=O. The molecule has 4 amide bonds. The molecule has 0 aromatic carbocycles. The van der Waals surface area contributed by atoms with E-state index >= 15 is 0 Å². The Morgan fingerprint density at radius 3 is 2.46 bits per heavy atom. The fourth-order valence-electron chi connectivity index (χ4n) is 6.74. The largest absolute Gasteiger partial charge is 0.363 e. The Bertz CT molecular complexity index is 1100. The molecule has 1 aliphatic heterocycles. The van der Waals surface area contributed by atoms with Crippen molar-refractivity contribution in [2.24, 2.45) is 28.9 Å². The van der Waals surface area contributed by atoms with Crippen LogP contribution in [0.4, 0.5) is 0 Å². The van der Waals surface area contributed by atoms with Crippen LogP contribution in [0, 0.1) is 23.2 Å². The van der Waals surface area contributed by atoms with Crippen LogP contribution in [-0.2, 0) is 30.4 Å². The molecule has 5 atom stereocenters. The summed E-state index contributed by atoms with van der Waals surface area (Å²) in [5.41, 5.74) is 5.85. The second-order valence-electron chi connectivity index (χ2n) is 11.9. The Morgan fingerprint density at radius 1 is 1.13 bits per heavy atom. The predicted octanol–water partition coefficient (Wildman–Crippen LogP) is 1.51. The highest BCUT2D eigenvalue weighted by molar-refractivity contribution is 6.37. The normalized spacial score (nSPS) is 25.2. The van der Waals surface area contributed by atoms with Crippen LogP contribution in [0.15, 0.2) is 24.5 Å². The van der Waals surface area contributed by atoms with Gasteiger partial charge in [-0.15, -0.1) is 0 Å². The number of Topliss-reactive ketones (excluding diaryl/α,β-unsaturated/α-hetero) is 1. The lowest BCUT2D eigenvalue weighted by atomic mass is 9.83. The number of hydrogen-bond donors (Lipinski definition) is 3. The number of aromatic nitrogens is 1. The second-order valence-corrected chi connectivity index (χ2v) is 11.9. The zero-order valence-electron chi connectivity index (χ0n) is 23.2. The van der Waals surface area contributed by atoms with E-state index in [2.05, 4.69) is 29.5 Å². The van der Waals surface area contributed by atoms with Crippen molar-refractivity contribution < 1.29 is 24.0 Å². The van der Waals surface area contributed by atoms with Crippen LogP contribution in [0.5, 0.6) is 0 Å². The Kier molecular flexibility index (Phi) is 8.71. The molecule has 0 spiro atoms. The van der Waals surface area contributed by atoms with Gasteiger partial charge >= 0.3 is 0 Å². The first-order chi connectivity index (χ1) is 18.6. The molecule has 0 radical (unpaired) electrons. The van der Waals surface area contributed by atoms with E-state index in [1.54, 1.807) is 23.4 Å². The zero-order chi connectivity index (χ0) is 28.3. The van der Waals surface area contributed by atoms with E-state index in [0.29, 0.717) is 13.0 Å². The van der Waals surface area contributed by atoms with Gasteiger partial charge in [0, 0.05) is 18.9 Å². The van der Waals surface area contributed by atoms with Crippen molar-refractivity contribution >= 4 is 29.4 Å². The van der Waals surface area contributed by atoms with Crippen LogP contribution in [0.3, 0.4) is 0 Å². The molecule has 0 bridgehead atoms. The van der Waals surface area contributed by atoms with Gasteiger partial charge in [0.2, 0.25) is 23.5 Å². The van der Waals surface area contributed by atoms with Gasteiger partial charge in [-0.3, -0.25) is 29.0 Å². The van der Waals surface area contributed by atoms with Crippen LogP contribution in [0.25, 0.3) is 0 Å². The second kappa shape index (κ2) is 11.8. The maximum Gasteiger partial charge on any atom is 0.287 e. The molecule has 2 heterocycles. The molecule has 4 rings (SSSR count). The number of rotatable bonds is 11. The van der Waals surface area contributed by atoms with Crippen molar-refractivity contribution in [3.8, 4) is 0 Å². The molecule has 3 aliphatic rings. The monoisotopic (exact) mass is 539 g/mol. The smallest absolute Gasteiger partial charge is 0.287 e. The molecule has 10 nitrogen and oxygen atoms in total. The molecule has 212 valence electrons. The van der Waals surface area contributed by atoms with Crippen molar-refractivity contribution in [2.45, 2.75) is 90.3 Å². The lowest BCUT2D eigenvalue weighted by molar-refractivity contribution is -0.145. The molecular weight excluding hydrogens is 498 g/mol. The van der Waals surface area contributed by atoms with Gasteiger partial charge in [0.05, 0.1) is 12.5 Å². The molecule has 1 saturated heterocycles. The molecule has 1 aromatic heterocycles. The summed E-state index contributed by atoms with van der Waals surface area (Å²) in [6.45, 7) is 6.42. The number of pyridine rings is 1. The maximum absolute atomic E-state index is 14.2. The zero-order valence-corrected chi connectivity index (χ0v) is 23.2. The number of nitrogens with two attached hydrogens (primary N) is 1.